The molecule has 0 saturated heterocycles. The van der Waals surface area contributed by atoms with E-state index in [-0.39, 0.29) is 5.82 Å². The molecule has 103 valence electrons. The van der Waals surface area contributed by atoms with E-state index in [1.165, 1.54) is 24.3 Å². The van der Waals surface area contributed by atoms with E-state index in [9.17, 15) is 4.39 Å². The summed E-state index contributed by atoms with van der Waals surface area (Å²) in [5.74, 6) is 0.795. The van der Waals surface area contributed by atoms with Crippen LogP contribution >= 0.6 is 11.6 Å². The first-order valence-corrected chi connectivity index (χ1v) is 6.35. The Morgan fingerprint density at radius 2 is 1.45 bits per heavy atom. The first-order chi connectivity index (χ1) is 9.67. The van der Waals surface area contributed by atoms with E-state index in [1.807, 2.05) is 0 Å². The Bertz CT molecular complexity index is 517. The van der Waals surface area contributed by atoms with Gasteiger partial charge >= 0.3 is 0 Å². The van der Waals surface area contributed by atoms with Crippen LogP contribution in [0.15, 0.2) is 60.7 Å². The van der Waals surface area contributed by atoms with E-state index in [1.54, 1.807) is 36.4 Å². The Balaban J connectivity index is 2.07. The molecule has 2 aromatic carbocycles. The highest BCUT2D eigenvalue weighted by atomic mass is 35.5. The lowest BCUT2D eigenvalue weighted by Gasteiger charge is -2.17. The smallest absolute Gasteiger partial charge is 0.260 e. The summed E-state index contributed by atoms with van der Waals surface area (Å²) in [7, 11) is 0. The van der Waals surface area contributed by atoms with E-state index < -0.39 is 6.29 Å². The number of halogens is 2. The number of hydrogen-bond acceptors (Lipinski definition) is 2. The van der Waals surface area contributed by atoms with E-state index in [4.69, 9.17) is 21.1 Å². The molecule has 0 aliphatic heterocycles. The fraction of sp³-hybridized carbons (Fsp3) is 0.0625. The van der Waals surface area contributed by atoms with Gasteiger partial charge in [0.25, 0.3) is 6.29 Å². The maximum Gasteiger partial charge on any atom is 0.260 e. The lowest BCUT2D eigenvalue weighted by Crippen LogP contribution is -2.21. The lowest BCUT2D eigenvalue weighted by molar-refractivity contribution is 0.0472. The zero-order valence-electron chi connectivity index (χ0n) is 10.6. The Morgan fingerprint density at radius 1 is 0.950 bits per heavy atom. The van der Waals surface area contributed by atoms with Crippen molar-refractivity contribution in [3.63, 3.8) is 0 Å². The largest absolute Gasteiger partial charge is 0.451 e. The van der Waals surface area contributed by atoms with Crippen LogP contribution in [0.5, 0.6) is 11.5 Å². The van der Waals surface area contributed by atoms with Gasteiger partial charge in [-0.05, 0) is 61.5 Å². The summed E-state index contributed by atoms with van der Waals surface area (Å²) in [5.41, 5.74) is 0. The molecule has 1 unspecified atom stereocenters. The average molecular weight is 292 g/mol. The fourth-order valence-corrected chi connectivity index (χ4v) is 1.63. The van der Waals surface area contributed by atoms with Crippen molar-refractivity contribution in [1.82, 2.24) is 0 Å². The number of rotatable bonds is 5. The maximum absolute atomic E-state index is 12.8. The van der Waals surface area contributed by atoms with Gasteiger partial charge in [-0.25, -0.2) is 4.39 Å². The summed E-state index contributed by atoms with van der Waals surface area (Å²) < 4.78 is 24.1. The molecule has 1 radical (unpaired) electrons. The third-order valence-corrected chi connectivity index (χ3v) is 2.68. The van der Waals surface area contributed by atoms with E-state index >= 15 is 0 Å². The van der Waals surface area contributed by atoms with Crippen molar-refractivity contribution in [2.24, 2.45) is 0 Å². The van der Waals surface area contributed by atoms with Gasteiger partial charge in [0.15, 0.2) is 0 Å². The molecule has 1 atom stereocenters. The normalized spacial score (nSPS) is 12.3. The molecular weight excluding hydrogens is 279 g/mol. The summed E-state index contributed by atoms with van der Waals surface area (Å²) in [6.45, 7) is 3.62. The minimum atomic E-state index is -0.654. The molecule has 0 N–H and O–H groups in total. The monoisotopic (exact) mass is 291 g/mol. The van der Waals surface area contributed by atoms with Crippen LogP contribution < -0.4 is 9.47 Å². The van der Waals surface area contributed by atoms with Crippen molar-refractivity contribution >= 4 is 11.6 Å². The molecule has 2 aromatic rings. The van der Waals surface area contributed by atoms with Gasteiger partial charge in [-0.1, -0.05) is 17.7 Å². The van der Waals surface area contributed by atoms with Gasteiger partial charge in [0, 0.05) is 5.02 Å². The minimum Gasteiger partial charge on any atom is -0.451 e. The maximum atomic E-state index is 12.8. The van der Waals surface area contributed by atoms with Gasteiger partial charge in [0.05, 0.1) is 0 Å². The molecule has 0 heterocycles. The Kier molecular flexibility index (Phi) is 5.02. The van der Waals surface area contributed by atoms with Crippen LogP contribution in [0.3, 0.4) is 0 Å². The highest BCUT2D eigenvalue weighted by molar-refractivity contribution is 6.30. The second-order valence-electron chi connectivity index (χ2n) is 3.94. The first kappa shape index (κ1) is 14.4. The molecule has 0 spiro atoms. The van der Waals surface area contributed by atoms with Crippen molar-refractivity contribution in [3.8, 4) is 11.5 Å². The highest BCUT2D eigenvalue weighted by Crippen LogP contribution is 2.19. The van der Waals surface area contributed by atoms with Gasteiger partial charge in [-0.15, -0.1) is 0 Å². The molecule has 0 aliphatic rings. The number of benzene rings is 2. The molecule has 20 heavy (non-hydrogen) atoms. The van der Waals surface area contributed by atoms with E-state index in [0.717, 1.165) is 0 Å². The van der Waals surface area contributed by atoms with Gasteiger partial charge in [0.2, 0.25) is 0 Å². The van der Waals surface area contributed by atoms with Gasteiger partial charge in [-0.3, -0.25) is 0 Å². The summed E-state index contributed by atoms with van der Waals surface area (Å²) in [6, 6.07) is 12.6. The standard InChI is InChI=1S/C16H13ClFO2/c1-2-3-16(19-14-8-4-12(17)5-9-14)20-15-10-6-13(18)7-11-15/h2-11,16H,1H2. The van der Waals surface area contributed by atoms with Crippen molar-refractivity contribution in [2.75, 3.05) is 0 Å². The van der Waals surface area contributed by atoms with Crippen LogP contribution in [0.4, 0.5) is 4.39 Å². The van der Waals surface area contributed by atoms with Crippen LogP contribution in [-0.4, -0.2) is 6.29 Å². The lowest BCUT2D eigenvalue weighted by atomic mass is 10.3. The van der Waals surface area contributed by atoms with Crippen molar-refractivity contribution in [1.29, 1.82) is 0 Å². The molecule has 0 aliphatic carbocycles. The molecule has 4 heteroatoms. The van der Waals surface area contributed by atoms with E-state index in [0.29, 0.717) is 16.5 Å². The van der Waals surface area contributed by atoms with Gasteiger partial charge in [-0.2, -0.15) is 0 Å². The van der Waals surface area contributed by atoms with Crippen molar-refractivity contribution in [3.05, 3.63) is 78.4 Å². The molecule has 2 rings (SSSR count). The zero-order valence-corrected chi connectivity index (χ0v) is 11.4. The number of hydrogen-bond donors (Lipinski definition) is 0. The molecule has 2 nitrogen and oxygen atoms in total. The SMILES string of the molecule is [CH2]C=CC(Oc1ccc(F)cc1)Oc1ccc(Cl)cc1. The van der Waals surface area contributed by atoms with Crippen LogP contribution in [0.25, 0.3) is 0 Å². The molecule has 0 bridgehead atoms. The van der Waals surface area contributed by atoms with Crippen LogP contribution in [0, 0.1) is 12.7 Å². The number of ether oxygens (including phenoxy) is 2. The van der Waals surface area contributed by atoms with Gasteiger partial charge in [0.1, 0.15) is 17.3 Å². The zero-order chi connectivity index (χ0) is 14.4. The minimum absolute atomic E-state index is 0.319. The predicted octanol–water partition coefficient (Wildman–Crippen LogP) is 4.65. The molecule has 0 amide bonds. The van der Waals surface area contributed by atoms with Crippen LogP contribution in [0.1, 0.15) is 0 Å². The summed E-state index contributed by atoms with van der Waals surface area (Å²) in [6.07, 6.45) is 2.57. The predicted molar refractivity (Wildman–Crippen MR) is 77.4 cm³/mol. The third-order valence-electron chi connectivity index (χ3n) is 2.42. The number of allylic oxidation sites excluding steroid dienone is 1. The first-order valence-electron chi connectivity index (χ1n) is 5.98. The quantitative estimate of drug-likeness (QED) is 0.746. The highest BCUT2D eigenvalue weighted by Gasteiger charge is 2.08. The second kappa shape index (κ2) is 6.96. The Hall–Kier alpha value is -2.00. The van der Waals surface area contributed by atoms with Crippen molar-refractivity contribution < 1.29 is 13.9 Å². The molecule has 0 fully saturated rings. The second-order valence-corrected chi connectivity index (χ2v) is 4.38. The third kappa shape index (κ3) is 4.28. The fourth-order valence-electron chi connectivity index (χ4n) is 1.51. The van der Waals surface area contributed by atoms with E-state index in [2.05, 4.69) is 6.92 Å². The average Bonchev–Trinajstić information content (AvgIpc) is 2.44. The van der Waals surface area contributed by atoms with Crippen molar-refractivity contribution in [2.45, 2.75) is 6.29 Å². The molecule has 0 saturated carbocycles. The van der Waals surface area contributed by atoms with Crippen LogP contribution in [-0.2, 0) is 0 Å². The van der Waals surface area contributed by atoms with Gasteiger partial charge < -0.3 is 9.47 Å². The molecular formula is C16H13ClFO2. The van der Waals surface area contributed by atoms with Crippen LogP contribution in [0.2, 0.25) is 5.02 Å². The summed E-state index contributed by atoms with van der Waals surface area (Å²) >= 11 is 5.81. The summed E-state index contributed by atoms with van der Waals surface area (Å²) in [5, 5.41) is 0.626. The Labute approximate surface area is 122 Å². The summed E-state index contributed by atoms with van der Waals surface area (Å²) in [4.78, 5) is 0. The Morgan fingerprint density at radius 3 is 1.95 bits per heavy atom. The topological polar surface area (TPSA) is 18.5 Å². The molecule has 0 aromatic heterocycles.